The van der Waals surface area contributed by atoms with Gasteiger partial charge in [0.2, 0.25) is 0 Å². The molecule has 0 bridgehead atoms. The minimum absolute atomic E-state index is 0. The van der Waals surface area contributed by atoms with Crippen molar-refractivity contribution in [2.45, 2.75) is 52.4 Å². The monoisotopic (exact) mass is 494 g/mol. The van der Waals surface area contributed by atoms with Gasteiger partial charge < -0.3 is 38.7 Å². The molecule has 0 spiro atoms. The molecule has 0 amide bonds. The SMILES string of the molecule is [C-]1=CC=CC1.[C-]1=CC=CC1.[CH2-]CCC.[CH2-]CCC.[Cl-].[Cl-].[Hf]. The molecule has 0 aromatic carbocycles. The van der Waals surface area contributed by atoms with Crippen LogP contribution in [0.15, 0.2) is 36.5 Å². The molecule has 2 aliphatic rings. The maximum absolute atomic E-state index is 3.60. The summed E-state index contributed by atoms with van der Waals surface area (Å²) in [5.74, 6) is 0. The summed E-state index contributed by atoms with van der Waals surface area (Å²) in [7, 11) is 0. The van der Waals surface area contributed by atoms with E-state index in [4.69, 9.17) is 0 Å². The first-order valence-corrected chi connectivity index (χ1v) is 6.85. The molecule has 0 aromatic rings. The molecule has 0 heterocycles. The summed E-state index contributed by atoms with van der Waals surface area (Å²) in [5.41, 5.74) is 0. The van der Waals surface area contributed by atoms with E-state index in [2.05, 4.69) is 52.0 Å². The van der Waals surface area contributed by atoms with Gasteiger partial charge in [-0.05, 0) is 0 Å². The van der Waals surface area contributed by atoms with Gasteiger partial charge in [0.05, 0.1) is 0 Å². The normalized spacial score (nSPS) is 11.2. The van der Waals surface area contributed by atoms with Crippen LogP contribution in [-0.2, 0) is 25.8 Å². The molecule has 3 heteroatoms. The van der Waals surface area contributed by atoms with Crippen LogP contribution in [0.5, 0.6) is 0 Å². The molecule has 0 aliphatic heterocycles. The summed E-state index contributed by atoms with van der Waals surface area (Å²) >= 11 is 0. The molecule has 0 N–H and O–H groups in total. The summed E-state index contributed by atoms with van der Waals surface area (Å²) in [6.07, 6.45) is 24.6. The molecule has 0 saturated carbocycles. The fourth-order valence-corrected chi connectivity index (χ4v) is 0.680. The number of rotatable bonds is 2. The first-order valence-electron chi connectivity index (χ1n) is 6.85. The van der Waals surface area contributed by atoms with E-state index in [1.165, 1.54) is 12.8 Å². The Labute approximate surface area is 164 Å². The smallest absolute Gasteiger partial charge is 0 e. The van der Waals surface area contributed by atoms with Crippen LogP contribution in [0.25, 0.3) is 0 Å². The van der Waals surface area contributed by atoms with Crippen LogP contribution in [0, 0.1) is 26.0 Å². The molecule has 0 atom stereocenters. The molecule has 0 radical (unpaired) electrons. The Morgan fingerprint density at radius 3 is 1.14 bits per heavy atom. The molecule has 0 nitrogen and oxygen atoms in total. The van der Waals surface area contributed by atoms with E-state index in [0.29, 0.717) is 0 Å². The molecule has 21 heavy (non-hydrogen) atoms. The minimum Gasteiger partial charge on any atom is -1.00 e. The van der Waals surface area contributed by atoms with Gasteiger partial charge in [-0.2, -0.15) is 25.0 Å². The molecular formula is C18H28Cl2Hf-6. The Hall–Kier alpha value is 0.410. The van der Waals surface area contributed by atoms with Gasteiger partial charge in [-0.15, -0.1) is 12.8 Å². The van der Waals surface area contributed by atoms with Crippen LogP contribution in [0.3, 0.4) is 0 Å². The van der Waals surface area contributed by atoms with Crippen molar-refractivity contribution in [3.8, 4) is 0 Å². The Morgan fingerprint density at radius 2 is 1.10 bits per heavy atom. The van der Waals surface area contributed by atoms with Gasteiger partial charge in [-0.1, -0.05) is 26.7 Å². The van der Waals surface area contributed by atoms with Crippen molar-refractivity contribution in [2.24, 2.45) is 0 Å². The third-order valence-electron chi connectivity index (χ3n) is 1.88. The van der Waals surface area contributed by atoms with E-state index in [1.54, 1.807) is 0 Å². The Balaban J connectivity index is -0.0000000522. The third-order valence-corrected chi connectivity index (χ3v) is 1.88. The maximum atomic E-state index is 3.60. The zero-order valence-corrected chi connectivity index (χ0v) is 18.5. The van der Waals surface area contributed by atoms with Crippen LogP contribution >= 0.6 is 0 Å². The van der Waals surface area contributed by atoms with Crippen molar-refractivity contribution >= 4 is 0 Å². The molecule has 2 aliphatic carbocycles. The maximum Gasteiger partial charge on any atom is 0 e. The number of unbranched alkanes of at least 4 members (excludes halogenated alkanes) is 2. The Kier molecular flexibility index (Phi) is 58.4. The van der Waals surface area contributed by atoms with E-state index in [9.17, 15) is 0 Å². The first-order chi connectivity index (χ1) is 8.83. The van der Waals surface area contributed by atoms with E-state index >= 15 is 0 Å². The van der Waals surface area contributed by atoms with E-state index in [0.717, 1.165) is 25.7 Å². The average molecular weight is 494 g/mol. The summed E-state index contributed by atoms with van der Waals surface area (Å²) in [6, 6.07) is 0. The second-order valence-corrected chi connectivity index (χ2v) is 3.71. The van der Waals surface area contributed by atoms with Crippen LogP contribution in [0.1, 0.15) is 52.4 Å². The second-order valence-electron chi connectivity index (χ2n) is 3.71. The van der Waals surface area contributed by atoms with Gasteiger partial charge in [0.15, 0.2) is 0 Å². The Bertz CT molecular complexity index is 194. The second kappa shape index (κ2) is 37.0. The molecule has 2 rings (SSSR count). The molecule has 124 valence electrons. The molecule has 0 saturated heterocycles. The zero-order chi connectivity index (χ0) is 13.9. The number of hydrogen-bond donors (Lipinski definition) is 0. The third kappa shape index (κ3) is 44.9. The van der Waals surface area contributed by atoms with Crippen molar-refractivity contribution in [2.75, 3.05) is 0 Å². The van der Waals surface area contributed by atoms with Gasteiger partial charge in [-0.3, -0.25) is 12.2 Å². The quantitative estimate of drug-likeness (QED) is 0.371. The number of halogens is 2. The molecule has 0 fully saturated rings. The van der Waals surface area contributed by atoms with Gasteiger partial charge in [0.25, 0.3) is 0 Å². The van der Waals surface area contributed by atoms with Crippen LogP contribution in [0.2, 0.25) is 0 Å². The van der Waals surface area contributed by atoms with Crippen molar-refractivity contribution < 1.29 is 50.7 Å². The van der Waals surface area contributed by atoms with Gasteiger partial charge >= 0.3 is 0 Å². The largest absolute Gasteiger partial charge is 1.00 e. The van der Waals surface area contributed by atoms with Crippen molar-refractivity contribution in [3.05, 3.63) is 62.5 Å². The molecule has 0 unspecified atom stereocenters. The fraction of sp³-hybridized carbons (Fsp3) is 0.444. The standard InChI is InChI=1S/2C5H5.2C4H9.2ClH.Hf/c2*1-2-4-5-3-1;2*1-3-4-2;;;/h2*1-3H,4H2;2*1,3-4H2,2H3;2*1H;/q4*-1;;;/p-2. The molecular weight excluding hydrogens is 466 g/mol. The van der Waals surface area contributed by atoms with Gasteiger partial charge in [0.1, 0.15) is 0 Å². The number of allylic oxidation sites excluding steroid dienone is 8. The van der Waals surface area contributed by atoms with Crippen LogP contribution in [-0.4, -0.2) is 0 Å². The predicted molar refractivity (Wildman–Crippen MR) is 83.7 cm³/mol. The van der Waals surface area contributed by atoms with E-state index in [-0.39, 0.29) is 50.7 Å². The van der Waals surface area contributed by atoms with E-state index in [1.807, 2.05) is 24.3 Å². The summed E-state index contributed by atoms with van der Waals surface area (Å²) < 4.78 is 0. The molecule has 0 aromatic heterocycles. The van der Waals surface area contributed by atoms with Crippen LogP contribution < -0.4 is 24.8 Å². The van der Waals surface area contributed by atoms with E-state index < -0.39 is 0 Å². The summed E-state index contributed by atoms with van der Waals surface area (Å²) in [5, 5.41) is 0. The fourth-order valence-electron chi connectivity index (χ4n) is 0.680. The first kappa shape index (κ1) is 33.1. The average Bonchev–Trinajstić information content (AvgIpc) is 3.14. The van der Waals surface area contributed by atoms with Crippen molar-refractivity contribution in [1.29, 1.82) is 0 Å². The topological polar surface area (TPSA) is 0 Å². The summed E-state index contributed by atoms with van der Waals surface area (Å²) in [6.45, 7) is 11.4. The predicted octanol–water partition coefficient (Wildman–Crippen LogP) is -0.142. The summed E-state index contributed by atoms with van der Waals surface area (Å²) in [4.78, 5) is 0. The van der Waals surface area contributed by atoms with Crippen LogP contribution in [0.4, 0.5) is 0 Å². The minimum atomic E-state index is 0. The Morgan fingerprint density at radius 1 is 0.810 bits per heavy atom. The van der Waals surface area contributed by atoms with Crippen molar-refractivity contribution in [1.82, 2.24) is 0 Å². The van der Waals surface area contributed by atoms with Gasteiger partial charge in [-0.25, -0.2) is 24.3 Å². The zero-order valence-electron chi connectivity index (χ0n) is 13.4. The van der Waals surface area contributed by atoms with Crippen molar-refractivity contribution in [3.63, 3.8) is 0 Å². The number of hydrogen-bond acceptors (Lipinski definition) is 0. The van der Waals surface area contributed by atoms with Gasteiger partial charge in [0, 0.05) is 25.8 Å².